The Kier molecular flexibility index (Phi) is 4.26. The van der Waals surface area contributed by atoms with Crippen LogP contribution in [-0.2, 0) is 19.3 Å². The molecular weight excluding hydrogens is 271 g/mol. The third-order valence-corrected chi connectivity index (χ3v) is 2.75. The number of halogens is 3. The zero-order chi connectivity index (χ0) is 14.6. The molecule has 2 N–H and O–H groups in total. The molecule has 7 heteroatoms. The van der Waals surface area contributed by atoms with E-state index in [1.165, 1.54) is 0 Å². The number of hydrogen-bond acceptors (Lipinski definition) is 4. The lowest BCUT2D eigenvalue weighted by atomic mass is 10.1. The monoisotopic (exact) mass is 285 g/mol. The lowest BCUT2D eigenvalue weighted by Crippen LogP contribution is -2.09. The van der Waals surface area contributed by atoms with Gasteiger partial charge in [-0.05, 0) is 24.1 Å². The Morgan fingerprint density at radius 3 is 2.40 bits per heavy atom. The van der Waals surface area contributed by atoms with E-state index in [-0.39, 0.29) is 12.2 Å². The van der Waals surface area contributed by atoms with E-state index >= 15 is 0 Å². The molecule has 0 saturated heterocycles. The van der Waals surface area contributed by atoms with Crippen LogP contribution in [0.1, 0.15) is 23.7 Å². The van der Waals surface area contributed by atoms with E-state index in [0.29, 0.717) is 24.4 Å². The van der Waals surface area contributed by atoms with Crippen LogP contribution in [0.2, 0.25) is 0 Å². The summed E-state index contributed by atoms with van der Waals surface area (Å²) in [5.41, 5.74) is 7.30. The van der Waals surface area contributed by atoms with Crippen LogP contribution in [0.15, 0.2) is 28.8 Å². The van der Waals surface area contributed by atoms with Crippen LogP contribution in [0.25, 0.3) is 0 Å². The zero-order valence-electron chi connectivity index (χ0n) is 10.7. The van der Waals surface area contributed by atoms with Gasteiger partial charge in [0.25, 0.3) is 0 Å². The Morgan fingerprint density at radius 2 is 1.75 bits per heavy atom. The molecule has 1 aromatic heterocycles. The molecule has 0 unspecified atom stereocenters. The van der Waals surface area contributed by atoms with Crippen LogP contribution < -0.4 is 5.73 Å². The van der Waals surface area contributed by atoms with Crippen LogP contribution in [0, 0.1) is 0 Å². The van der Waals surface area contributed by atoms with Crippen molar-refractivity contribution in [3.05, 3.63) is 41.5 Å². The van der Waals surface area contributed by atoms with Gasteiger partial charge in [0.15, 0.2) is 5.82 Å². The Morgan fingerprint density at radius 1 is 1.05 bits per heavy atom. The minimum atomic E-state index is -4.20. The first-order chi connectivity index (χ1) is 9.42. The predicted octanol–water partition coefficient (Wildman–Crippen LogP) is 2.93. The van der Waals surface area contributed by atoms with E-state index in [1.54, 1.807) is 12.1 Å². The first-order valence-electron chi connectivity index (χ1n) is 6.15. The summed E-state index contributed by atoms with van der Waals surface area (Å²) in [5.74, 6) is 0.439. The molecule has 2 rings (SSSR count). The number of nitrogen functional groups attached to an aromatic ring is 1. The highest BCUT2D eigenvalue weighted by atomic mass is 19.4. The van der Waals surface area contributed by atoms with Crippen LogP contribution in [0.4, 0.5) is 18.9 Å². The average molecular weight is 285 g/mol. The lowest BCUT2D eigenvalue weighted by Gasteiger charge is -2.01. The molecule has 0 spiro atoms. The van der Waals surface area contributed by atoms with Gasteiger partial charge in [-0.1, -0.05) is 17.3 Å². The fourth-order valence-electron chi connectivity index (χ4n) is 1.68. The van der Waals surface area contributed by atoms with Crippen molar-refractivity contribution < 1.29 is 17.7 Å². The average Bonchev–Trinajstić information content (AvgIpc) is 2.83. The second kappa shape index (κ2) is 5.94. The molecule has 0 radical (unpaired) electrons. The molecule has 0 aliphatic rings. The third kappa shape index (κ3) is 4.56. The van der Waals surface area contributed by atoms with Gasteiger partial charge in [-0.25, -0.2) is 0 Å². The number of aromatic nitrogens is 2. The van der Waals surface area contributed by atoms with Crippen LogP contribution >= 0.6 is 0 Å². The predicted molar refractivity (Wildman–Crippen MR) is 66.9 cm³/mol. The number of nitrogens with two attached hydrogens (primary N) is 1. The van der Waals surface area contributed by atoms with Gasteiger partial charge in [0, 0.05) is 18.5 Å². The molecule has 108 valence electrons. The topological polar surface area (TPSA) is 64.9 Å². The Hall–Kier alpha value is -2.05. The number of rotatable bonds is 5. The summed E-state index contributed by atoms with van der Waals surface area (Å²) >= 11 is 0. The maximum atomic E-state index is 12.1. The van der Waals surface area contributed by atoms with Crippen molar-refractivity contribution in [2.24, 2.45) is 0 Å². The quantitative estimate of drug-likeness (QED) is 0.858. The molecule has 0 saturated carbocycles. The Labute approximate surface area is 113 Å². The lowest BCUT2D eigenvalue weighted by molar-refractivity contribution is -0.134. The van der Waals surface area contributed by atoms with Gasteiger partial charge < -0.3 is 10.3 Å². The van der Waals surface area contributed by atoms with Gasteiger partial charge in [-0.15, -0.1) is 0 Å². The maximum Gasteiger partial charge on any atom is 0.389 e. The summed E-state index contributed by atoms with van der Waals surface area (Å²) in [6, 6.07) is 7.35. The molecule has 0 bridgehead atoms. The van der Waals surface area contributed by atoms with Crippen LogP contribution in [0.5, 0.6) is 0 Å². The van der Waals surface area contributed by atoms with Crippen molar-refractivity contribution in [2.45, 2.75) is 31.9 Å². The van der Waals surface area contributed by atoms with Crippen molar-refractivity contribution >= 4 is 5.69 Å². The fraction of sp³-hybridized carbons (Fsp3) is 0.385. The SMILES string of the molecule is Nc1ccc(CCc2nc(CCC(F)(F)F)no2)cc1. The first-order valence-corrected chi connectivity index (χ1v) is 6.15. The number of benzene rings is 1. The molecule has 0 atom stereocenters. The highest BCUT2D eigenvalue weighted by molar-refractivity contribution is 5.39. The second-order valence-electron chi connectivity index (χ2n) is 4.46. The minimum Gasteiger partial charge on any atom is -0.399 e. The molecule has 1 aromatic carbocycles. The molecule has 0 fully saturated rings. The molecule has 0 amide bonds. The van der Waals surface area contributed by atoms with E-state index in [9.17, 15) is 13.2 Å². The van der Waals surface area contributed by atoms with E-state index in [1.807, 2.05) is 12.1 Å². The van der Waals surface area contributed by atoms with E-state index in [2.05, 4.69) is 10.1 Å². The normalized spacial score (nSPS) is 11.8. The summed E-state index contributed by atoms with van der Waals surface area (Å²) in [6.07, 6.45) is -4.24. The van der Waals surface area contributed by atoms with Gasteiger partial charge in [-0.2, -0.15) is 18.2 Å². The van der Waals surface area contributed by atoms with Crippen molar-refractivity contribution in [1.82, 2.24) is 10.1 Å². The molecule has 1 heterocycles. The number of aryl methyl sites for hydroxylation is 3. The van der Waals surface area contributed by atoms with Crippen molar-refractivity contribution in [2.75, 3.05) is 5.73 Å². The summed E-state index contributed by atoms with van der Waals surface area (Å²) < 4.78 is 41.1. The van der Waals surface area contributed by atoms with E-state index in [0.717, 1.165) is 5.56 Å². The summed E-state index contributed by atoms with van der Waals surface area (Å²) in [4.78, 5) is 3.94. The summed E-state index contributed by atoms with van der Waals surface area (Å²) in [6.45, 7) is 0. The van der Waals surface area contributed by atoms with Gasteiger partial charge in [0.1, 0.15) is 0 Å². The Balaban J connectivity index is 1.85. The molecule has 0 aliphatic carbocycles. The number of alkyl halides is 3. The maximum absolute atomic E-state index is 12.1. The van der Waals surface area contributed by atoms with Crippen molar-refractivity contribution in [3.63, 3.8) is 0 Å². The van der Waals surface area contributed by atoms with Crippen LogP contribution in [0.3, 0.4) is 0 Å². The number of nitrogens with zero attached hydrogens (tertiary/aromatic N) is 2. The largest absolute Gasteiger partial charge is 0.399 e. The van der Waals surface area contributed by atoms with Gasteiger partial charge in [0.2, 0.25) is 5.89 Å². The standard InChI is InChI=1S/C13H14F3N3O/c14-13(15,16)8-7-11-18-12(20-19-11)6-3-9-1-4-10(17)5-2-9/h1-2,4-5H,3,6-8,17H2. The molecule has 0 aliphatic heterocycles. The highest BCUT2D eigenvalue weighted by Gasteiger charge is 2.27. The molecular formula is C13H14F3N3O. The second-order valence-corrected chi connectivity index (χ2v) is 4.46. The van der Waals surface area contributed by atoms with Crippen LogP contribution in [-0.4, -0.2) is 16.3 Å². The first kappa shape index (κ1) is 14.4. The number of anilines is 1. The van der Waals surface area contributed by atoms with E-state index < -0.39 is 12.6 Å². The zero-order valence-corrected chi connectivity index (χ0v) is 10.7. The van der Waals surface area contributed by atoms with Crippen molar-refractivity contribution in [3.8, 4) is 0 Å². The molecule has 2 aromatic rings. The van der Waals surface area contributed by atoms with Gasteiger partial charge in [0.05, 0.1) is 6.42 Å². The third-order valence-electron chi connectivity index (χ3n) is 2.75. The highest BCUT2D eigenvalue weighted by Crippen LogP contribution is 2.21. The number of hydrogen-bond donors (Lipinski definition) is 1. The smallest absolute Gasteiger partial charge is 0.389 e. The van der Waals surface area contributed by atoms with Gasteiger partial charge >= 0.3 is 6.18 Å². The van der Waals surface area contributed by atoms with Gasteiger partial charge in [-0.3, -0.25) is 0 Å². The summed E-state index contributed by atoms with van der Waals surface area (Å²) in [5, 5.41) is 3.54. The summed E-state index contributed by atoms with van der Waals surface area (Å²) in [7, 11) is 0. The van der Waals surface area contributed by atoms with E-state index in [4.69, 9.17) is 10.3 Å². The minimum absolute atomic E-state index is 0.0923. The molecule has 20 heavy (non-hydrogen) atoms. The van der Waals surface area contributed by atoms with Crippen molar-refractivity contribution in [1.29, 1.82) is 0 Å². The molecule has 4 nitrogen and oxygen atoms in total. The Bertz CT molecular complexity index is 549. The fourth-order valence-corrected chi connectivity index (χ4v) is 1.68.